The number of carbonyl (C=O) groups is 3. The van der Waals surface area contributed by atoms with Crippen LogP contribution in [0.4, 0.5) is 0 Å². The van der Waals surface area contributed by atoms with Gasteiger partial charge in [-0.25, -0.2) is 4.79 Å². The first-order valence-electron chi connectivity index (χ1n) is 11.2. The van der Waals surface area contributed by atoms with Gasteiger partial charge in [-0.1, -0.05) is 18.2 Å². The minimum atomic E-state index is -3.67. The molecule has 1 amide bonds. The number of ether oxygens (including phenoxy) is 1. The molecule has 2 aromatic carbocycles. The summed E-state index contributed by atoms with van der Waals surface area (Å²) < 4.78 is 31.2. The van der Waals surface area contributed by atoms with Gasteiger partial charge in [-0.3, -0.25) is 19.6 Å². The van der Waals surface area contributed by atoms with Gasteiger partial charge in [0.05, 0.1) is 11.8 Å². The maximum Gasteiger partial charge on any atom is 0.343 e. The van der Waals surface area contributed by atoms with Crippen molar-refractivity contribution in [2.24, 2.45) is 5.73 Å². The molecule has 0 fully saturated rings. The van der Waals surface area contributed by atoms with Crippen LogP contribution in [-0.4, -0.2) is 66.0 Å². The summed E-state index contributed by atoms with van der Waals surface area (Å²) in [5, 5.41) is 16.2. The molecule has 0 saturated carbocycles. The van der Waals surface area contributed by atoms with E-state index in [0.29, 0.717) is 48.2 Å². The molecular formula is C26H31N3O8S. The highest BCUT2D eigenvalue weighted by Gasteiger charge is 2.15. The summed E-state index contributed by atoms with van der Waals surface area (Å²) in [7, 11) is -3.67. The molecule has 2 aromatic rings. The molecule has 0 radical (unpaired) electrons. The summed E-state index contributed by atoms with van der Waals surface area (Å²) in [6.07, 6.45) is 4.36. The molecule has 204 valence electrons. The standard InChI is InChI=1S/C25H27N3O5.CH4O3S/c1-3-14-28(15-4-5-22(29)30)24(31)17(2)16-18-6-8-20(9-7-18)25(32)33-21-12-10-19(11-13-21)23(26)27;1-5(2,3)4/h3,6-13,16H,1,4-5,14-15H2,2H3,(H3,26,27)(H,29,30);1H3,(H,2,3,4). The molecule has 0 atom stereocenters. The third-order valence-corrected chi connectivity index (χ3v) is 4.70. The Morgan fingerprint density at radius 3 is 2.08 bits per heavy atom. The number of esters is 1. The SMILES string of the molecule is C=CCN(CCCC(=O)O)C(=O)C(C)=Cc1ccc(C(=O)Oc2ccc(C(=N)N)cc2)cc1.CS(=O)(=O)O. The number of rotatable bonds is 11. The van der Waals surface area contributed by atoms with Crippen LogP contribution in [-0.2, 0) is 19.7 Å². The summed E-state index contributed by atoms with van der Waals surface area (Å²) in [4.78, 5) is 37.4. The fourth-order valence-electron chi connectivity index (χ4n) is 3.00. The average molecular weight is 546 g/mol. The van der Waals surface area contributed by atoms with Gasteiger partial charge in [-0.2, -0.15) is 8.42 Å². The lowest BCUT2D eigenvalue weighted by Crippen LogP contribution is -2.33. The normalized spacial score (nSPS) is 11.0. The topological polar surface area (TPSA) is 188 Å². The predicted molar refractivity (Wildman–Crippen MR) is 144 cm³/mol. The minimum Gasteiger partial charge on any atom is -0.481 e. The molecule has 0 bridgehead atoms. The summed E-state index contributed by atoms with van der Waals surface area (Å²) in [6, 6.07) is 12.9. The maximum absolute atomic E-state index is 12.7. The molecule has 0 aliphatic heterocycles. The van der Waals surface area contributed by atoms with Gasteiger partial charge in [0.1, 0.15) is 11.6 Å². The van der Waals surface area contributed by atoms with Crippen LogP contribution in [0.25, 0.3) is 6.08 Å². The first-order chi connectivity index (χ1) is 17.7. The molecule has 0 unspecified atom stereocenters. The fraction of sp³-hybridized carbons (Fsp3) is 0.231. The Bertz CT molecular complexity index is 1280. The number of carboxylic acid groups (broad SMARTS) is 1. The van der Waals surface area contributed by atoms with Crippen molar-refractivity contribution in [3.63, 3.8) is 0 Å². The Kier molecular flexibility index (Phi) is 12.6. The molecule has 0 heterocycles. The number of hydrogen-bond donors (Lipinski definition) is 4. The van der Waals surface area contributed by atoms with Crippen molar-refractivity contribution >= 4 is 39.9 Å². The molecule has 12 heteroatoms. The van der Waals surface area contributed by atoms with Gasteiger partial charge in [0.2, 0.25) is 5.91 Å². The number of amidine groups is 1. The van der Waals surface area contributed by atoms with E-state index in [-0.39, 0.29) is 18.2 Å². The molecule has 0 aromatic heterocycles. The Labute approximate surface area is 221 Å². The van der Waals surface area contributed by atoms with Crippen LogP contribution in [0.3, 0.4) is 0 Å². The number of nitrogens with one attached hydrogen (secondary N) is 1. The van der Waals surface area contributed by atoms with E-state index in [0.717, 1.165) is 5.56 Å². The van der Waals surface area contributed by atoms with Crippen LogP contribution in [0, 0.1) is 5.41 Å². The third kappa shape index (κ3) is 12.6. The second-order valence-electron chi connectivity index (χ2n) is 8.05. The van der Waals surface area contributed by atoms with Crippen LogP contribution in [0.5, 0.6) is 5.75 Å². The van der Waals surface area contributed by atoms with E-state index >= 15 is 0 Å². The minimum absolute atomic E-state index is 0.0118. The van der Waals surface area contributed by atoms with Gasteiger partial charge in [-0.15, -0.1) is 6.58 Å². The van der Waals surface area contributed by atoms with E-state index in [1.165, 1.54) is 0 Å². The number of nitrogen functional groups attached to an aromatic ring is 1. The zero-order valence-electron chi connectivity index (χ0n) is 21.1. The van der Waals surface area contributed by atoms with E-state index in [2.05, 4.69) is 6.58 Å². The van der Waals surface area contributed by atoms with E-state index < -0.39 is 22.1 Å². The predicted octanol–water partition coefficient (Wildman–Crippen LogP) is 2.98. The van der Waals surface area contributed by atoms with E-state index in [1.54, 1.807) is 72.5 Å². The van der Waals surface area contributed by atoms with Crippen molar-refractivity contribution in [2.45, 2.75) is 19.8 Å². The zero-order chi connectivity index (χ0) is 28.9. The van der Waals surface area contributed by atoms with Crippen molar-refractivity contribution in [1.82, 2.24) is 4.90 Å². The second kappa shape index (κ2) is 15.1. The number of hydrogen-bond acceptors (Lipinski definition) is 7. The van der Waals surface area contributed by atoms with Gasteiger partial charge >= 0.3 is 11.9 Å². The van der Waals surface area contributed by atoms with Crippen LogP contribution in [0.2, 0.25) is 0 Å². The van der Waals surface area contributed by atoms with Gasteiger partial charge in [-0.05, 0) is 61.4 Å². The second-order valence-corrected chi connectivity index (χ2v) is 9.51. The van der Waals surface area contributed by atoms with Crippen LogP contribution >= 0.6 is 0 Å². The summed E-state index contributed by atoms with van der Waals surface area (Å²) in [6.45, 7) is 5.97. The Morgan fingerprint density at radius 1 is 1.08 bits per heavy atom. The summed E-state index contributed by atoms with van der Waals surface area (Å²) in [5.74, 6) is -1.39. The summed E-state index contributed by atoms with van der Waals surface area (Å²) >= 11 is 0. The molecule has 38 heavy (non-hydrogen) atoms. The van der Waals surface area contributed by atoms with Gasteiger partial charge in [0, 0.05) is 30.6 Å². The van der Waals surface area contributed by atoms with Crippen molar-refractivity contribution < 1.29 is 37.2 Å². The smallest absolute Gasteiger partial charge is 0.343 e. The van der Waals surface area contributed by atoms with Crippen molar-refractivity contribution in [1.29, 1.82) is 5.41 Å². The van der Waals surface area contributed by atoms with Crippen molar-refractivity contribution in [2.75, 3.05) is 19.3 Å². The molecule has 0 saturated heterocycles. The quantitative estimate of drug-likeness (QED) is 0.0626. The van der Waals surface area contributed by atoms with E-state index in [9.17, 15) is 22.8 Å². The van der Waals surface area contributed by atoms with E-state index in [1.807, 2.05) is 0 Å². The molecular weight excluding hydrogens is 514 g/mol. The molecule has 0 spiro atoms. The highest BCUT2D eigenvalue weighted by atomic mass is 32.2. The fourth-order valence-corrected chi connectivity index (χ4v) is 3.00. The number of nitrogens with two attached hydrogens (primary N) is 1. The number of carbonyl (C=O) groups excluding carboxylic acids is 2. The first kappa shape index (κ1) is 31.7. The first-order valence-corrected chi connectivity index (χ1v) is 13.1. The average Bonchev–Trinajstić information content (AvgIpc) is 2.82. The van der Waals surface area contributed by atoms with Crippen molar-refractivity contribution in [3.8, 4) is 5.75 Å². The number of amides is 1. The van der Waals surface area contributed by atoms with Crippen LogP contribution in [0.1, 0.15) is 41.3 Å². The summed E-state index contributed by atoms with van der Waals surface area (Å²) in [5.41, 5.74) is 7.49. The Morgan fingerprint density at radius 2 is 1.61 bits per heavy atom. The van der Waals surface area contributed by atoms with Gasteiger partial charge in [0.15, 0.2) is 0 Å². The number of aliphatic carboxylic acids is 1. The van der Waals surface area contributed by atoms with Gasteiger partial charge < -0.3 is 20.5 Å². The van der Waals surface area contributed by atoms with Crippen LogP contribution < -0.4 is 10.5 Å². The zero-order valence-corrected chi connectivity index (χ0v) is 21.9. The monoisotopic (exact) mass is 545 g/mol. The molecule has 5 N–H and O–H groups in total. The van der Waals surface area contributed by atoms with Gasteiger partial charge in [0.25, 0.3) is 10.1 Å². The lowest BCUT2D eigenvalue weighted by molar-refractivity contribution is -0.137. The van der Waals surface area contributed by atoms with Crippen molar-refractivity contribution in [3.05, 3.63) is 83.4 Å². The lowest BCUT2D eigenvalue weighted by Gasteiger charge is -2.21. The highest BCUT2D eigenvalue weighted by Crippen LogP contribution is 2.16. The van der Waals surface area contributed by atoms with E-state index in [4.69, 9.17) is 25.5 Å². The maximum atomic E-state index is 12.7. The molecule has 0 aliphatic rings. The lowest BCUT2D eigenvalue weighted by atomic mass is 10.1. The molecule has 11 nitrogen and oxygen atoms in total. The Balaban J connectivity index is 0.00000132. The highest BCUT2D eigenvalue weighted by molar-refractivity contribution is 7.85. The number of nitrogens with zero attached hydrogens (tertiary/aromatic N) is 1. The van der Waals surface area contributed by atoms with Crippen LogP contribution in [0.15, 0.2) is 66.8 Å². The molecule has 2 rings (SSSR count). The number of benzene rings is 2. The third-order valence-electron chi connectivity index (χ3n) is 4.70. The molecule has 0 aliphatic carbocycles. The number of carboxylic acids is 1. The largest absolute Gasteiger partial charge is 0.481 e. The Hall–Kier alpha value is -4.29.